The van der Waals surface area contributed by atoms with E-state index in [2.05, 4.69) is 4.99 Å². The second-order valence-electron chi connectivity index (χ2n) is 5.31. The smallest absolute Gasteiger partial charge is 0.338 e. The van der Waals surface area contributed by atoms with Crippen molar-refractivity contribution >= 4 is 40.4 Å². The van der Waals surface area contributed by atoms with Gasteiger partial charge < -0.3 is 4.74 Å². The highest BCUT2D eigenvalue weighted by Crippen LogP contribution is 2.43. The van der Waals surface area contributed by atoms with Gasteiger partial charge in [-0.25, -0.2) is 9.79 Å². The minimum absolute atomic E-state index is 0.0763. The number of nitrogens with zero attached hydrogens (tertiary/aromatic N) is 2. The molecule has 5 nitrogen and oxygen atoms in total. The SMILES string of the molecule is COC(=O)C1=C(C)N=C2S[C@@H](C)C(=O)N2[C@@H]1c1cccc(Cl)c1. The molecular weight excluding hydrogens is 336 g/mol. The number of carbonyl (C=O) groups excluding carboxylic acids is 2. The maximum atomic E-state index is 12.6. The molecule has 0 radical (unpaired) electrons. The van der Waals surface area contributed by atoms with E-state index in [1.54, 1.807) is 30.0 Å². The molecule has 2 aliphatic rings. The first kappa shape index (κ1) is 16.1. The molecule has 0 N–H and O–H groups in total. The number of thioether (sulfide) groups is 1. The Bertz CT molecular complexity index is 759. The van der Waals surface area contributed by atoms with Gasteiger partial charge in [0.1, 0.15) is 0 Å². The minimum atomic E-state index is -0.571. The summed E-state index contributed by atoms with van der Waals surface area (Å²) in [6.07, 6.45) is 0. The Kier molecular flexibility index (Phi) is 4.21. The lowest BCUT2D eigenvalue weighted by molar-refractivity contribution is -0.137. The second-order valence-corrected chi connectivity index (χ2v) is 7.06. The third-order valence-electron chi connectivity index (χ3n) is 3.83. The van der Waals surface area contributed by atoms with Crippen LogP contribution in [0, 0.1) is 0 Å². The summed E-state index contributed by atoms with van der Waals surface area (Å²) in [5, 5.41) is 0.915. The molecule has 0 aromatic heterocycles. The number of amidine groups is 1. The molecule has 1 saturated heterocycles. The number of benzene rings is 1. The molecule has 2 aliphatic heterocycles. The standard InChI is InChI=1S/C16H15ClN2O3S/c1-8-12(15(21)22-3)13(10-5-4-6-11(17)7-10)19-14(20)9(2)23-16(19)18-8/h4-7,9,13H,1-3H3/t9-,13+/m0/s1. The highest BCUT2D eigenvalue weighted by atomic mass is 35.5. The van der Waals surface area contributed by atoms with Gasteiger partial charge in [0.15, 0.2) is 5.17 Å². The van der Waals surface area contributed by atoms with Crippen LogP contribution in [0.4, 0.5) is 0 Å². The van der Waals surface area contributed by atoms with Crippen molar-refractivity contribution < 1.29 is 14.3 Å². The third-order valence-corrected chi connectivity index (χ3v) is 5.12. The molecule has 0 saturated carbocycles. The fourth-order valence-electron chi connectivity index (χ4n) is 2.77. The van der Waals surface area contributed by atoms with Crippen LogP contribution in [0.3, 0.4) is 0 Å². The lowest BCUT2D eigenvalue weighted by atomic mass is 9.94. The highest BCUT2D eigenvalue weighted by molar-refractivity contribution is 8.15. The molecular formula is C16H15ClN2O3S. The maximum Gasteiger partial charge on any atom is 0.338 e. The fraction of sp³-hybridized carbons (Fsp3) is 0.312. The van der Waals surface area contributed by atoms with Crippen LogP contribution in [0.15, 0.2) is 40.5 Å². The monoisotopic (exact) mass is 350 g/mol. The van der Waals surface area contributed by atoms with Crippen LogP contribution in [0.2, 0.25) is 5.02 Å². The Morgan fingerprint density at radius 1 is 1.43 bits per heavy atom. The summed E-state index contributed by atoms with van der Waals surface area (Å²) < 4.78 is 4.91. The normalized spacial score (nSPS) is 23.7. The van der Waals surface area contributed by atoms with E-state index in [-0.39, 0.29) is 11.2 Å². The van der Waals surface area contributed by atoms with E-state index in [0.29, 0.717) is 21.5 Å². The van der Waals surface area contributed by atoms with Gasteiger partial charge in [0.25, 0.3) is 0 Å². The quantitative estimate of drug-likeness (QED) is 0.769. The van der Waals surface area contributed by atoms with Crippen molar-refractivity contribution in [3.63, 3.8) is 0 Å². The molecule has 120 valence electrons. The predicted molar refractivity (Wildman–Crippen MR) is 90.2 cm³/mol. The van der Waals surface area contributed by atoms with Crippen molar-refractivity contribution in [1.29, 1.82) is 0 Å². The molecule has 1 fully saturated rings. The summed E-state index contributed by atoms with van der Waals surface area (Å²) in [5.74, 6) is -0.569. The average molecular weight is 351 g/mol. The summed E-state index contributed by atoms with van der Waals surface area (Å²) >= 11 is 7.49. The third kappa shape index (κ3) is 2.66. The molecule has 3 rings (SSSR count). The zero-order chi connectivity index (χ0) is 16.7. The first-order valence-corrected chi connectivity index (χ1v) is 8.32. The van der Waals surface area contributed by atoms with Gasteiger partial charge in [-0.05, 0) is 31.5 Å². The summed E-state index contributed by atoms with van der Waals surface area (Å²) in [6, 6.07) is 6.58. The first-order chi connectivity index (χ1) is 10.9. The first-order valence-electron chi connectivity index (χ1n) is 7.07. The molecule has 1 amide bonds. The van der Waals surface area contributed by atoms with Crippen LogP contribution in [0.25, 0.3) is 0 Å². The summed E-state index contributed by atoms with van der Waals surface area (Å²) in [6.45, 7) is 3.58. The van der Waals surface area contributed by atoms with Gasteiger partial charge in [0, 0.05) is 5.02 Å². The summed E-state index contributed by atoms with van der Waals surface area (Å²) in [7, 11) is 1.32. The molecule has 0 unspecified atom stereocenters. The highest BCUT2D eigenvalue weighted by Gasteiger charge is 2.46. The van der Waals surface area contributed by atoms with Gasteiger partial charge in [-0.3, -0.25) is 9.69 Å². The van der Waals surface area contributed by atoms with Crippen molar-refractivity contribution in [2.45, 2.75) is 25.1 Å². The number of hydrogen-bond acceptors (Lipinski definition) is 5. The van der Waals surface area contributed by atoms with Crippen molar-refractivity contribution in [2.24, 2.45) is 4.99 Å². The largest absolute Gasteiger partial charge is 0.466 e. The molecule has 0 aliphatic carbocycles. The topological polar surface area (TPSA) is 59.0 Å². The number of rotatable bonds is 2. The number of allylic oxidation sites excluding steroid dienone is 1. The number of ether oxygens (including phenoxy) is 1. The molecule has 7 heteroatoms. The Balaban J connectivity index is 2.19. The Hall–Kier alpha value is -1.79. The number of esters is 1. The Morgan fingerprint density at radius 2 is 2.17 bits per heavy atom. The van der Waals surface area contributed by atoms with Crippen molar-refractivity contribution in [1.82, 2.24) is 4.90 Å². The maximum absolute atomic E-state index is 12.6. The van der Waals surface area contributed by atoms with Crippen LogP contribution in [-0.2, 0) is 14.3 Å². The number of fused-ring (bicyclic) bond motifs is 1. The molecule has 0 bridgehead atoms. The van der Waals surface area contributed by atoms with Crippen molar-refractivity contribution in [3.8, 4) is 0 Å². The van der Waals surface area contributed by atoms with Crippen LogP contribution in [0.1, 0.15) is 25.5 Å². The Morgan fingerprint density at radius 3 is 2.83 bits per heavy atom. The van der Waals surface area contributed by atoms with Gasteiger partial charge in [0.05, 0.1) is 29.7 Å². The van der Waals surface area contributed by atoms with Crippen molar-refractivity contribution in [2.75, 3.05) is 7.11 Å². The van der Waals surface area contributed by atoms with E-state index in [4.69, 9.17) is 16.3 Å². The van der Waals surface area contributed by atoms with Crippen LogP contribution in [0.5, 0.6) is 0 Å². The van der Waals surface area contributed by atoms with Gasteiger partial charge >= 0.3 is 5.97 Å². The Labute approximate surface area is 143 Å². The minimum Gasteiger partial charge on any atom is -0.466 e. The number of hydrogen-bond donors (Lipinski definition) is 0. The lowest BCUT2D eigenvalue weighted by Crippen LogP contribution is -2.40. The van der Waals surface area contributed by atoms with Crippen LogP contribution < -0.4 is 0 Å². The van der Waals surface area contributed by atoms with E-state index in [1.165, 1.54) is 18.9 Å². The number of aliphatic imine (C=N–C) groups is 1. The van der Waals surface area contributed by atoms with Crippen LogP contribution >= 0.6 is 23.4 Å². The summed E-state index contributed by atoms with van der Waals surface area (Å²) in [5.41, 5.74) is 1.68. The van der Waals surface area contributed by atoms with E-state index in [0.717, 1.165) is 5.56 Å². The zero-order valence-electron chi connectivity index (χ0n) is 12.9. The van der Waals surface area contributed by atoms with Gasteiger partial charge in [0.2, 0.25) is 5.91 Å². The van der Waals surface area contributed by atoms with Gasteiger partial charge in [-0.15, -0.1) is 0 Å². The van der Waals surface area contributed by atoms with E-state index < -0.39 is 12.0 Å². The molecule has 1 aromatic rings. The van der Waals surface area contributed by atoms with E-state index in [9.17, 15) is 9.59 Å². The molecule has 1 aromatic carbocycles. The summed E-state index contributed by atoms with van der Waals surface area (Å²) in [4.78, 5) is 30.9. The molecule has 2 atom stereocenters. The number of carbonyl (C=O) groups is 2. The number of halogens is 1. The lowest BCUT2D eigenvalue weighted by Gasteiger charge is -2.32. The van der Waals surface area contributed by atoms with Gasteiger partial charge in [-0.1, -0.05) is 35.5 Å². The van der Waals surface area contributed by atoms with E-state index >= 15 is 0 Å². The number of amides is 1. The van der Waals surface area contributed by atoms with Crippen molar-refractivity contribution in [3.05, 3.63) is 46.1 Å². The van der Waals surface area contributed by atoms with E-state index in [1.807, 2.05) is 13.0 Å². The molecule has 2 heterocycles. The number of methoxy groups -OCH3 is 1. The van der Waals surface area contributed by atoms with Crippen LogP contribution in [-0.4, -0.2) is 34.3 Å². The predicted octanol–water partition coefficient (Wildman–Crippen LogP) is 3.16. The van der Waals surface area contributed by atoms with Gasteiger partial charge in [-0.2, -0.15) is 0 Å². The average Bonchev–Trinajstić information content (AvgIpc) is 2.79. The second kappa shape index (κ2) is 6.02. The zero-order valence-corrected chi connectivity index (χ0v) is 14.4. The molecule has 0 spiro atoms. The molecule has 23 heavy (non-hydrogen) atoms. The fourth-order valence-corrected chi connectivity index (χ4v) is 3.99.